The van der Waals surface area contributed by atoms with E-state index in [-0.39, 0.29) is 5.41 Å². The summed E-state index contributed by atoms with van der Waals surface area (Å²) in [6.45, 7) is 10.8. The maximum atomic E-state index is 4.91. The molecule has 1 N–H and O–H groups in total. The molecule has 114 valence electrons. The van der Waals surface area contributed by atoms with Crippen molar-refractivity contribution in [3.05, 3.63) is 45.9 Å². The first kappa shape index (κ1) is 16.5. The number of benzene rings is 1. The number of thiazole rings is 1. The third-order valence-electron chi connectivity index (χ3n) is 3.09. The average Bonchev–Trinajstić information content (AvgIpc) is 2.87. The zero-order valence-electron chi connectivity index (χ0n) is 13.3. The summed E-state index contributed by atoms with van der Waals surface area (Å²) in [6, 6.07) is 10.5. The van der Waals surface area contributed by atoms with E-state index >= 15 is 0 Å². The molecule has 0 saturated heterocycles. The quantitative estimate of drug-likeness (QED) is 0.771. The van der Waals surface area contributed by atoms with E-state index < -0.39 is 0 Å². The van der Waals surface area contributed by atoms with Crippen molar-refractivity contribution in [2.24, 2.45) is 0 Å². The highest BCUT2D eigenvalue weighted by Crippen LogP contribution is 2.32. The molecule has 1 aromatic carbocycles. The number of rotatable bonds is 6. The number of hydrogen-bond donors (Lipinski definition) is 1. The van der Waals surface area contributed by atoms with Crippen LogP contribution in [0.25, 0.3) is 0 Å². The maximum absolute atomic E-state index is 4.91. The average molecular weight is 321 g/mol. The van der Waals surface area contributed by atoms with Crippen molar-refractivity contribution in [2.75, 3.05) is 6.54 Å². The molecule has 21 heavy (non-hydrogen) atoms. The van der Waals surface area contributed by atoms with E-state index in [0.717, 1.165) is 18.8 Å². The van der Waals surface area contributed by atoms with Crippen molar-refractivity contribution >= 4 is 23.1 Å². The summed E-state index contributed by atoms with van der Waals surface area (Å²) in [4.78, 5) is 7.59. The lowest BCUT2D eigenvalue weighted by molar-refractivity contribution is 0.560. The van der Waals surface area contributed by atoms with Crippen LogP contribution < -0.4 is 5.32 Å². The molecule has 2 nitrogen and oxygen atoms in total. The molecule has 0 aliphatic heterocycles. The first-order chi connectivity index (χ1) is 10.0. The Labute approximate surface area is 136 Å². The topological polar surface area (TPSA) is 24.9 Å². The SMILES string of the molecule is CCNCc1sc(CSc2ccccc2)nc1C(C)(C)C. The van der Waals surface area contributed by atoms with E-state index in [0.29, 0.717) is 0 Å². The van der Waals surface area contributed by atoms with Crippen LogP contribution >= 0.6 is 23.1 Å². The van der Waals surface area contributed by atoms with Gasteiger partial charge in [0.25, 0.3) is 0 Å². The van der Waals surface area contributed by atoms with E-state index in [1.54, 1.807) is 0 Å². The summed E-state index contributed by atoms with van der Waals surface area (Å²) < 4.78 is 0. The molecule has 0 amide bonds. The van der Waals surface area contributed by atoms with Crippen molar-refractivity contribution in [1.82, 2.24) is 10.3 Å². The van der Waals surface area contributed by atoms with E-state index in [9.17, 15) is 0 Å². The lowest BCUT2D eigenvalue weighted by Gasteiger charge is -2.17. The van der Waals surface area contributed by atoms with Gasteiger partial charge in [0.2, 0.25) is 0 Å². The standard InChI is InChI=1S/C17H24N2S2/c1-5-18-11-14-16(17(2,3)4)19-15(21-14)12-20-13-9-7-6-8-10-13/h6-10,18H,5,11-12H2,1-4H3. The van der Waals surface area contributed by atoms with Crippen molar-refractivity contribution in [3.63, 3.8) is 0 Å². The Morgan fingerprint density at radius 3 is 2.52 bits per heavy atom. The highest BCUT2D eigenvalue weighted by atomic mass is 32.2. The van der Waals surface area contributed by atoms with Gasteiger partial charge in [-0.05, 0) is 18.7 Å². The smallest absolute Gasteiger partial charge is 0.103 e. The van der Waals surface area contributed by atoms with Crippen LogP contribution in [0.5, 0.6) is 0 Å². The second-order valence-corrected chi connectivity index (χ2v) is 8.23. The van der Waals surface area contributed by atoms with Crippen LogP contribution in [0.15, 0.2) is 35.2 Å². The summed E-state index contributed by atoms with van der Waals surface area (Å²) in [5.74, 6) is 0.948. The largest absolute Gasteiger partial charge is 0.312 e. The summed E-state index contributed by atoms with van der Waals surface area (Å²) in [5.41, 5.74) is 1.36. The van der Waals surface area contributed by atoms with Gasteiger partial charge >= 0.3 is 0 Å². The summed E-state index contributed by atoms with van der Waals surface area (Å²) >= 11 is 3.71. The Hall–Kier alpha value is -0.840. The molecular weight excluding hydrogens is 296 g/mol. The van der Waals surface area contributed by atoms with Gasteiger partial charge in [-0.2, -0.15) is 0 Å². The zero-order chi connectivity index (χ0) is 15.3. The molecule has 0 aliphatic rings. The van der Waals surface area contributed by atoms with E-state index in [2.05, 4.69) is 63.3 Å². The molecule has 0 bridgehead atoms. The normalized spacial score (nSPS) is 11.8. The fourth-order valence-corrected chi connectivity index (χ4v) is 4.23. The fourth-order valence-electron chi connectivity index (χ4n) is 2.07. The molecule has 0 fully saturated rings. The van der Waals surface area contributed by atoms with Crippen molar-refractivity contribution in [2.45, 2.75) is 50.3 Å². The minimum Gasteiger partial charge on any atom is -0.312 e. The van der Waals surface area contributed by atoms with E-state index in [1.807, 2.05) is 23.1 Å². The zero-order valence-corrected chi connectivity index (χ0v) is 14.9. The highest BCUT2D eigenvalue weighted by Gasteiger charge is 2.22. The third-order valence-corrected chi connectivity index (χ3v) is 5.35. The molecule has 2 rings (SSSR count). The summed E-state index contributed by atoms with van der Waals surface area (Å²) in [6.07, 6.45) is 0. The lowest BCUT2D eigenvalue weighted by Crippen LogP contribution is -2.18. The van der Waals surface area contributed by atoms with Gasteiger partial charge in [0.1, 0.15) is 5.01 Å². The molecule has 0 aliphatic carbocycles. The lowest BCUT2D eigenvalue weighted by atomic mass is 9.91. The van der Waals surface area contributed by atoms with Crippen LogP contribution in [0.1, 0.15) is 43.3 Å². The molecule has 0 unspecified atom stereocenters. The van der Waals surface area contributed by atoms with Gasteiger partial charge < -0.3 is 5.32 Å². The van der Waals surface area contributed by atoms with Crippen LogP contribution in [0, 0.1) is 0 Å². The number of aromatic nitrogens is 1. The summed E-state index contributed by atoms with van der Waals surface area (Å²) in [5, 5.41) is 4.65. The van der Waals surface area contributed by atoms with Crippen LogP contribution in [0.3, 0.4) is 0 Å². The van der Waals surface area contributed by atoms with Crippen molar-refractivity contribution in [1.29, 1.82) is 0 Å². The molecule has 1 aromatic heterocycles. The molecule has 2 aromatic rings. The number of thioether (sulfide) groups is 1. The van der Waals surface area contributed by atoms with Gasteiger partial charge in [-0.25, -0.2) is 4.98 Å². The van der Waals surface area contributed by atoms with Gasteiger partial charge in [-0.15, -0.1) is 23.1 Å². The van der Waals surface area contributed by atoms with Gasteiger partial charge in [0, 0.05) is 21.7 Å². The van der Waals surface area contributed by atoms with Gasteiger partial charge in [0.15, 0.2) is 0 Å². The molecular formula is C17H24N2S2. The van der Waals surface area contributed by atoms with Crippen LogP contribution in [0.2, 0.25) is 0 Å². The third kappa shape index (κ3) is 4.83. The molecule has 0 radical (unpaired) electrons. The second-order valence-electron chi connectivity index (χ2n) is 6.01. The Morgan fingerprint density at radius 2 is 1.90 bits per heavy atom. The monoisotopic (exact) mass is 320 g/mol. The second kappa shape index (κ2) is 7.43. The molecule has 4 heteroatoms. The van der Waals surface area contributed by atoms with Crippen LogP contribution in [-0.4, -0.2) is 11.5 Å². The Kier molecular flexibility index (Phi) is 5.85. The van der Waals surface area contributed by atoms with Gasteiger partial charge in [-0.1, -0.05) is 45.9 Å². The number of nitrogens with one attached hydrogen (secondary N) is 1. The Morgan fingerprint density at radius 1 is 1.19 bits per heavy atom. The fraction of sp³-hybridized carbons (Fsp3) is 0.471. The van der Waals surface area contributed by atoms with Gasteiger partial charge in [0.05, 0.1) is 11.4 Å². The molecule has 1 heterocycles. The maximum Gasteiger partial charge on any atom is 0.103 e. The molecule has 0 atom stereocenters. The minimum atomic E-state index is 0.108. The highest BCUT2D eigenvalue weighted by molar-refractivity contribution is 7.98. The first-order valence-corrected chi connectivity index (χ1v) is 9.18. The van der Waals surface area contributed by atoms with Crippen LogP contribution in [-0.2, 0) is 17.7 Å². The predicted octanol–water partition coefficient (Wildman–Crippen LogP) is 4.84. The van der Waals surface area contributed by atoms with Gasteiger partial charge in [-0.3, -0.25) is 0 Å². The van der Waals surface area contributed by atoms with Crippen molar-refractivity contribution < 1.29 is 0 Å². The number of nitrogens with zero attached hydrogens (tertiary/aromatic N) is 1. The minimum absolute atomic E-state index is 0.108. The first-order valence-electron chi connectivity index (χ1n) is 7.38. The summed E-state index contributed by atoms with van der Waals surface area (Å²) in [7, 11) is 0. The van der Waals surface area contributed by atoms with E-state index in [1.165, 1.54) is 20.5 Å². The van der Waals surface area contributed by atoms with E-state index in [4.69, 9.17) is 4.98 Å². The molecule has 0 spiro atoms. The Balaban J connectivity index is 2.11. The predicted molar refractivity (Wildman–Crippen MR) is 94.2 cm³/mol. The van der Waals surface area contributed by atoms with Crippen LogP contribution in [0.4, 0.5) is 0 Å². The van der Waals surface area contributed by atoms with Crippen molar-refractivity contribution in [3.8, 4) is 0 Å². The molecule has 0 saturated carbocycles. The number of hydrogen-bond acceptors (Lipinski definition) is 4. The Bertz CT molecular complexity index is 556.